The zero-order valence-corrected chi connectivity index (χ0v) is 25.0. The van der Waals surface area contributed by atoms with Crippen LogP contribution in [0.4, 0.5) is 0 Å². The molecule has 0 aliphatic carbocycles. The summed E-state index contributed by atoms with van der Waals surface area (Å²) >= 11 is 0. The van der Waals surface area contributed by atoms with Gasteiger partial charge in [0.15, 0.2) is 0 Å². The smallest absolute Gasteiger partial charge is 0.0622 e. The fraction of sp³-hybridized carbons (Fsp3) is 0. The second-order valence-electron chi connectivity index (χ2n) is 10.8. The maximum Gasteiger partial charge on any atom is 0.0636 e. The Morgan fingerprint density at radius 3 is 1.00 bits per heavy atom. The molecule has 0 atom stereocenters. The molecular weight excluding hydrogens is 601 g/mol. The third kappa shape index (κ3) is 4.46. The Balaban J connectivity index is 1.55. The molecule has 0 fully saturated rings. The van der Waals surface area contributed by atoms with Crippen LogP contribution < -0.4 is 0 Å². The van der Waals surface area contributed by atoms with Gasteiger partial charge in [-0.05, 0) is 104 Å². The molecule has 0 bridgehead atoms. The van der Waals surface area contributed by atoms with Gasteiger partial charge in [0.2, 0.25) is 0 Å². The van der Waals surface area contributed by atoms with E-state index in [1.54, 1.807) is 0 Å². The Bertz CT molecular complexity index is 4530. The molecule has 0 unspecified atom stereocenters. The first-order chi connectivity index (χ1) is 38.1. The molecule has 0 saturated heterocycles. The van der Waals surface area contributed by atoms with Gasteiger partial charge in [-0.2, -0.15) is 0 Å². The summed E-state index contributed by atoms with van der Waals surface area (Å²) in [6, 6.07) is -33.0. The summed E-state index contributed by atoms with van der Waals surface area (Å²) in [6.07, 6.45) is 0. The van der Waals surface area contributed by atoms with Crippen LogP contribution in [0.5, 0.6) is 0 Å². The lowest BCUT2D eigenvalue weighted by molar-refractivity contribution is 1.63. The van der Waals surface area contributed by atoms with E-state index >= 15 is 0 Å². The minimum Gasteiger partial charge on any atom is -0.0622 e. The van der Waals surface area contributed by atoms with Crippen molar-refractivity contribution in [2.24, 2.45) is 0 Å². The van der Waals surface area contributed by atoms with Crippen molar-refractivity contribution in [2.75, 3.05) is 0 Å². The summed E-state index contributed by atoms with van der Waals surface area (Å²) in [5, 5.41) is -7.97. The van der Waals surface area contributed by atoms with Crippen LogP contribution in [0.1, 0.15) is 43.9 Å². The van der Waals surface area contributed by atoms with Gasteiger partial charge in [-0.15, -0.1) is 0 Å². The van der Waals surface area contributed by atoms with Crippen LogP contribution >= 0.6 is 0 Å². The van der Waals surface area contributed by atoms with E-state index in [1.165, 1.54) is 0 Å². The molecule has 0 N–H and O–H groups in total. The predicted octanol–water partition coefficient (Wildman–Crippen LogP) is 14.1. The number of hydrogen-bond acceptors (Lipinski definition) is 0. The molecule has 232 valence electrons. The Kier molecular flexibility index (Phi) is 2.55. The monoisotopic (exact) mass is 664 g/mol. The number of hydrogen-bond donors (Lipinski definition) is 0. The quantitative estimate of drug-likeness (QED) is 0.164. The molecule has 0 saturated carbocycles. The zero-order valence-electron chi connectivity index (χ0n) is 57.0. The van der Waals surface area contributed by atoms with Gasteiger partial charge in [0, 0.05) is 0 Å². The molecule has 10 rings (SSSR count). The lowest BCUT2D eigenvalue weighted by atomic mass is 9.81. The third-order valence-corrected chi connectivity index (χ3v) is 8.12. The van der Waals surface area contributed by atoms with Gasteiger partial charge in [-0.1, -0.05) is 187 Å². The van der Waals surface area contributed by atoms with Gasteiger partial charge >= 0.3 is 0 Å². The molecule has 0 aromatic heterocycles. The van der Waals surface area contributed by atoms with Gasteiger partial charge < -0.3 is 0 Å². The summed E-state index contributed by atoms with van der Waals surface area (Å²) in [5.41, 5.74) is -6.81. The highest BCUT2D eigenvalue weighted by Crippen LogP contribution is 2.50. The van der Waals surface area contributed by atoms with Crippen LogP contribution in [0.25, 0.3) is 98.4 Å². The van der Waals surface area contributed by atoms with Crippen molar-refractivity contribution in [3.8, 4) is 44.5 Å². The van der Waals surface area contributed by atoms with Gasteiger partial charge in [0.1, 0.15) is 0 Å². The number of rotatable bonds is 4. The Labute approximate surface area is 336 Å². The van der Waals surface area contributed by atoms with Crippen LogP contribution in [0.2, 0.25) is 0 Å². The highest BCUT2D eigenvalue weighted by molar-refractivity contribution is 6.29. The SMILES string of the molecule is [2H]c1c([2H])c([2H])c(-c2c3c([2H])c([2H])c([2H])c([2H])c3c(-c3c4c([2H])c([2H])c([2H])c([2H])c4c(-c4c([2H])c([2H])c(-c5c([2H])c([2H])c6c([2H])c([2H])c([2H])c([2H])c6c5[2H])c([2H])c4[2H])c4c([2H])c([2H])c([2H])c([2H])c34)c3c([2H])c([2H])c([2H])c([2H])c23)c([2H])c1[2H]. The second kappa shape index (κ2) is 11.6. The average molecular weight is 665 g/mol. The fourth-order valence-corrected chi connectivity index (χ4v) is 6.09. The molecule has 0 spiro atoms. The first-order valence-corrected chi connectivity index (χ1v) is 14.8. The summed E-state index contributed by atoms with van der Waals surface area (Å²) in [7, 11) is 0. The predicted molar refractivity (Wildman–Crippen MR) is 216 cm³/mol. The molecule has 10 aromatic carbocycles. The molecular formula is C50H32. The summed E-state index contributed by atoms with van der Waals surface area (Å²) in [5.74, 6) is 0. The lowest BCUT2D eigenvalue weighted by Crippen LogP contribution is -1.94. The van der Waals surface area contributed by atoms with Crippen LogP contribution in [0, 0.1) is 0 Å². The third-order valence-electron chi connectivity index (χ3n) is 8.12. The van der Waals surface area contributed by atoms with E-state index in [2.05, 4.69) is 0 Å². The van der Waals surface area contributed by atoms with Gasteiger partial charge in [-0.3, -0.25) is 0 Å². The van der Waals surface area contributed by atoms with Gasteiger partial charge in [-0.25, -0.2) is 0 Å². The normalized spacial score (nSPS) is 20.6. The van der Waals surface area contributed by atoms with Crippen LogP contribution in [-0.4, -0.2) is 0 Å². The Hall–Kier alpha value is -6.50. The van der Waals surface area contributed by atoms with Crippen molar-refractivity contribution < 1.29 is 43.9 Å². The molecule has 0 radical (unpaired) electrons. The largest absolute Gasteiger partial charge is 0.0636 e. The maximum absolute atomic E-state index is 9.69. The molecule has 0 amide bonds. The van der Waals surface area contributed by atoms with Crippen molar-refractivity contribution >= 4 is 53.9 Å². The minimum absolute atomic E-state index is 0.576. The summed E-state index contributed by atoms with van der Waals surface area (Å²) in [4.78, 5) is 0. The van der Waals surface area contributed by atoms with E-state index in [0.717, 1.165) is 0 Å². The van der Waals surface area contributed by atoms with Crippen molar-refractivity contribution in [1.82, 2.24) is 0 Å². The highest BCUT2D eigenvalue weighted by Gasteiger charge is 2.22. The van der Waals surface area contributed by atoms with Crippen molar-refractivity contribution in [1.29, 1.82) is 0 Å². The first kappa shape index (κ1) is 11.0. The Morgan fingerprint density at radius 1 is 0.220 bits per heavy atom. The van der Waals surface area contributed by atoms with Crippen molar-refractivity contribution in [3.63, 3.8) is 0 Å². The molecule has 0 aliphatic rings. The van der Waals surface area contributed by atoms with Crippen molar-refractivity contribution in [2.45, 2.75) is 0 Å². The average Bonchev–Trinajstić information content (AvgIpc) is 3.43. The summed E-state index contributed by atoms with van der Waals surface area (Å²) < 4.78 is 291. The van der Waals surface area contributed by atoms with Gasteiger partial charge in [0.05, 0.1) is 43.9 Å². The van der Waals surface area contributed by atoms with E-state index in [-0.39, 0.29) is 0 Å². The molecule has 10 aromatic rings. The van der Waals surface area contributed by atoms with Crippen LogP contribution in [0.15, 0.2) is 193 Å². The molecule has 0 heterocycles. The topological polar surface area (TPSA) is 0 Å². The molecule has 0 nitrogen and oxygen atoms in total. The number of fused-ring (bicyclic) bond motifs is 5. The Morgan fingerprint density at radius 2 is 0.540 bits per heavy atom. The van der Waals surface area contributed by atoms with Crippen LogP contribution in [0.3, 0.4) is 0 Å². The first-order valence-electron chi connectivity index (χ1n) is 30.8. The standard InChI is InChI=1S/C50H32/c1-2-15-35(16-3-1)47-39-18-6-10-22-43(39)49(44-23-11-7-19-40(44)47)50-45-24-12-8-20-41(45)48(42-21-9-13-25-46(42)50)36-29-26-34(27-30-36)38-31-28-33-14-4-5-17-37(33)32-38/h1-32H/i1D,2D,3D,4D,5D,6D,7D,8D,9D,10D,11D,12D,13D,14D,15D,16D,17D,18D,19D,20D,21D,22D,23D,24D,25D,26D,27D,28D,29D,30D,31D,32D. The van der Waals surface area contributed by atoms with Crippen LogP contribution in [-0.2, 0) is 0 Å². The zero-order chi connectivity index (χ0) is 60.9. The molecule has 50 heavy (non-hydrogen) atoms. The van der Waals surface area contributed by atoms with Gasteiger partial charge in [0.25, 0.3) is 0 Å². The minimum atomic E-state index is -1.17. The number of benzene rings is 10. The lowest BCUT2D eigenvalue weighted by Gasteiger charge is -2.22. The van der Waals surface area contributed by atoms with Crippen molar-refractivity contribution in [3.05, 3.63) is 193 Å². The van der Waals surface area contributed by atoms with E-state index in [4.69, 9.17) is 27.4 Å². The fourth-order valence-electron chi connectivity index (χ4n) is 6.09. The molecule has 0 heteroatoms. The maximum atomic E-state index is 9.69. The second-order valence-corrected chi connectivity index (χ2v) is 10.8. The van der Waals surface area contributed by atoms with E-state index in [1.807, 2.05) is 0 Å². The molecule has 0 aliphatic heterocycles. The highest BCUT2D eigenvalue weighted by atomic mass is 14.2. The van der Waals surface area contributed by atoms with E-state index < -0.39 is 292 Å². The van der Waals surface area contributed by atoms with E-state index in [9.17, 15) is 16.4 Å². The van der Waals surface area contributed by atoms with E-state index in [0.29, 0.717) is 0 Å². The summed E-state index contributed by atoms with van der Waals surface area (Å²) in [6.45, 7) is 0.